The minimum atomic E-state index is -0.602. The van der Waals surface area contributed by atoms with E-state index in [4.69, 9.17) is 16.3 Å². The van der Waals surface area contributed by atoms with E-state index in [0.29, 0.717) is 23.4 Å². The van der Waals surface area contributed by atoms with Crippen molar-refractivity contribution in [3.05, 3.63) is 70.2 Å². The first-order chi connectivity index (χ1) is 13.2. The maximum Gasteiger partial charge on any atom is 0.222 e. The summed E-state index contributed by atoms with van der Waals surface area (Å²) >= 11 is 5.88. The van der Waals surface area contributed by atoms with Crippen LogP contribution >= 0.6 is 11.6 Å². The Morgan fingerprint density at radius 2 is 1.79 bits per heavy atom. The molecule has 0 aliphatic carbocycles. The average molecular weight is 408 g/mol. The summed E-state index contributed by atoms with van der Waals surface area (Å²) in [7, 11) is 0. The van der Waals surface area contributed by atoms with Gasteiger partial charge in [0.2, 0.25) is 5.91 Å². The molecule has 2 aromatic rings. The summed E-state index contributed by atoms with van der Waals surface area (Å²) in [5, 5.41) is 3.40. The van der Waals surface area contributed by atoms with Crippen LogP contribution in [0.4, 0.5) is 8.78 Å². The lowest BCUT2D eigenvalue weighted by molar-refractivity contribution is -0.131. The topological polar surface area (TPSA) is 38.3 Å². The highest BCUT2D eigenvalue weighted by Crippen LogP contribution is 2.44. The normalized spacial score (nSPS) is 25.0. The van der Waals surface area contributed by atoms with Crippen molar-refractivity contribution in [2.75, 3.05) is 0 Å². The maximum absolute atomic E-state index is 14.6. The number of amides is 1. The number of carbonyl (C=O) groups is 1. The van der Waals surface area contributed by atoms with Crippen LogP contribution < -0.4 is 5.32 Å². The van der Waals surface area contributed by atoms with Gasteiger partial charge in [0, 0.05) is 34.9 Å². The minimum absolute atomic E-state index is 0.0717. The predicted octanol–water partition coefficient (Wildman–Crippen LogP) is 5.74. The lowest BCUT2D eigenvalue weighted by atomic mass is 9.81. The molecule has 1 heterocycles. The van der Waals surface area contributed by atoms with Crippen LogP contribution in [-0.2, 0) is 9.53 Å². The molecule has 1 amide bonds. The van der Waals surface area contributed by atoms with Crippen molar-refractivity contribution in [1.29, 1.82) is 0 Å². The average Bonchev–Trinajstić information content (AvgIpc) is 2.61. The molecule has 0 spiro atoms. The molecule has 2 aromatic carbocycles. The summed E-state index contributed by atoms with van der Waals surface area (Å²) in [6.45, 7) is 5.59. The summed E-state index contributed by atoms with van der Waals surface area (Å²) < 4.78 is 34.1. The van der Waals surface area contributed by atoms with Crippen LogP contribution in [0.2, 0.25) is 5.02 Å². The molecule has 0 bridgehead atoms. The Kier molecular flexibility index (Phi) is 6.06. The number of benzene rings is 2. The van der Waals surface area contributed by atoms with Crippen molar-refractivity contribution in [2.24, 2.45) is 5.92 Å². The van der Waals surface area contributed by atoms with Gasteiger partial charge in [-0.25, -0.2) is 8.78 Å². The molecule has 0 radical (unpaired) electrons. The summed E-state index contributed by atoms with van der Waals surface area (Å²) in [6.07, 6.45) is -0.0600. The number of carbonyl (C=O) groups excluding carboxylic acids is 1. The van der Waals surface area contributed by atoms with E-state index in [2.05, 4.69) is 5.32 Å². The predicted molar refractivity (Wildman–Crippen MR) is 105 cm³/mol. The standard InChI is InChI=1S/C22H24ClF2NO2/c1-13(2)21(27)26-22(3)11-19(14-4-7-16(24)8-5-14)28-20(12-22)17-9-6-15(23)10-18(17)25/h4-10,13,19-20H,11-12H2,1-3H3,(H,26,27)/t19-,20+,22+/m0/s1. The molecule has 1 aliphatic heterocycles. The second-order valence-electron chi connectivity index (χ2n) is 7.94. The Balaban J connectivity index is 1.95. The van der Waals surface area contributed by atoms with Gasteiger partial charge in [0.25, 0.3) is 0 Å². The third kappa shape index (κ3) is 4.70. The Morgan fingerprint density at radius 1 is 1.14 bits per heavy atom. The zero-order valence-electron chi connectivity index (χ0n) is 16.1. The molecule has 1 saturated heterocycles. The van der Waals surface area contributed by atoms with Crippen LogP contribution in [0.25, 0.3) is 0 Å². The van der Waals surface area contributed by atoms with E-state index >= 15 is 0 Å². The minimum Gasteiger partial charge on any atom is -0.365 e. The highest BCUT2D eigenvalue weighted by molar-refractivity contribution is 6.30. The number of halogens is 3. The van der Waals surface area contributed by atoms with Crippen LogP contribution in [-0.4, -0.2) is 11.4 Å². The van der Waals surface area contributed by atoms with E-state index in [1.54, 1.807) is 24.3 Å². The Labute approximate surface area is 169 Å². The lowest BCUT2D eigenvalue weighted by Crippen LogP contribution is -2.52. The Hall–Kier alpha value is -1.98. The van der Waals surface area contributed by atoms with Crippen LogP contribution in [0.15, 0.2) is 42.5 Å². The van der Waals surface area contributed by atoms with Crippen LogP contribution in [0.1, 0.15) is 56.9 Å². The summed E-state index contributed by atoms with van der Waals surface area (Å²) in [5.41, 5.74) is 0.571. The first-order valence-corrected chi connectivity index (χ1v) is 9.72. The van der Waals surface area contributed by atoms with Crippen molar-refractivity contribution in [3.63, 3.8) is 0 Å². The fourth-order valence-corrected chi connectivity index (χ4v) is 3.72. The van der Waals surface area contributed by atoms with Crippen molar-refractivity contribution in [3.8, 4) is 0 Å². The van der Waals surface area contributed by atoms with Gasteiger partial charge in [-0.1, -0.05) is 43.6 Å². The first-order valence-electron chi connectivity index (χ1n) is 9.35. The van der Waals surface area contributed by atoms with Gasteiger partial charge in [-0.3, -0.25) is 4.79 Å². The van der Waals surface area contributed by atoms with Gasteiger partial charge < -0.3 is 10.1 Å². The van der Waals surface area contributed by atoms with Gasteiger partial charge in [0.15, 0.2) is 0 Å². The Morgan fingerprint density at radius 3 is 2.39 bits per heavy atom. The molecule has 0 saturated carbocycles. The SMILES string of the molecule is CC(C)C(=O)N[C@]1(C)C[C@@H](c2ccc(F)cc2)O[C@@H](c2ccc(Cl)cc2F)C1. The van der Waals surface area contributed by atoms with Crippen molar-refractivity contribution < 1.29 is 18.3 Å². The molecule has 28 heavy (non-hydrogen) atoms. The van der Waals surface area contributed by atoms with Crippen LogP contribution in [0.5, 0.6) is 0 Å². The lowest BCUT2D eigenvalue weighted by Gasteiger charge is -2.43. The highest BCUT2D eigenvalue weighted by atomic mass is 35.5. The van der Waals surface area contributed by atoms with Crippen molar-refractivity contribution in [2.45, 2.75) is 51.4 Å². The number of hydrogen-bond donors (Lipinski definition) is 1. The number of hydrogen-bond acceptors (Lipinski definition) is 2. The summed E-state index contributed by atoms with van der Waals surface area (Å²) in [6, 6.07) is 10.5. The molecule has 1 N–H and O–H groups in total. The zero-order valence-corrected chi connectivity index (χ0v) is 16.9. The molecule has 0 aromatic heterocycles. The van der Waals surface area contributed by atoms with E-state index in [1.165, 1.54) is 18.2 Å². The molecule has 3 rings (SSSR count). The van der Waals surface area contributed by atoms with Crippen LogP contribution in [0.3, 0.4) is 0 Å². The molecular formula is C22H24ClF2NO2. The van der Waals surface area contributed by atoms with E-state index in [-0.39, 0.29) is 17.6 Å². The van der Waals surface area contributed by atoms with Gasteiger partial charge in [-0.05, 0) is 36.8 Å². The molecule has 3 atom stereocenters. The fourth-order valence-electron chi connectivity index (χ4n) is 3.56. The molecule has 6 heteroatoms. The molecule has 1 aliphatic rings. The molecule has 150 valence electrons. The van der Waals surface area contributed by atoms with E-state index in [0.717, 1.165) is 5.56 Å². The number of nitrogens with one attached hydrogen (secondary N) is 1. The van der Waals surface area contributed by atoms with Gasteiger partial charge in [0.1, 0.15) is 11.6 Å². The van der Waals surface area contributed by atoms with E-state index in [9.17, 15) is 13.6 Å². The number of rotatable bonds is 4. The van der Waals surface area contributed by atoms with Gasteiger partial charge in [-0.15, -0.1) is 0 Å². The first kappa shape index (κ1) is 20.7. The second kappa shape index (κ2) is 8.18. The number of ether oxygens (including phenoxy) is 1. The second-order valence-corrected chi connectivity index (χ2v) is 8.38. The van der Waals surface area contributed by atoms with Gasteiger partial charge in [-0.2, -0.15) is 0 Å². The quantitative estimate of drug-likeness (QED) is 0.701. The smallest absolute Gasteiger partial charge is 0.222 e. The summed E-state index contributed by atoms with van der Waals surface area (Å²) in [4.78, 5) is 12.4. The molecular weight excluding hydrogens is 384 g/mol. The third-order valence-corrected chi connectivity index (χ3v) is 5.34. The van der Waals surface area contributed by atoms with Crippen molar-refractivity contribution in [1.82, 2.24) is 5.32 Å². The maximum atomic E-state index is 14.6. The van der Waals surface area contributed by atoms with E-state index < -0.39 is 23.6 Å². The van der Waals surface area contributed by atoms with Gasteiger partial charge in [0.05, 0.1) is 12.2 Å². The summed E-state index contributed by atoms with van der Waals surface area (Å²) in [5.74, 6) is -1.03. The van der Waals surface area contributed by atoms with Crippen LogP contribution in [0, 0.1) is 17.6 Å². The molecule has 0 unspecified atom stereocenters. The highest BCUT2D eigenvalue weighted by Gasteiger charge is 2.41. The van der Waals surface area contributed by atoms with E-state index in [1.807, 2.05) is 20.8 Å². The van der Waals surface area contributed by atoms with Gasteiger partial charge >= 0.3 is 0 Å². The Bertz CT molecular complexity index is 856. The monoisotopic (exact) mass is 407 g/mol. The largest absolute Gasteiger partial charge is 0.365 e. The zero-order chi connectivity index (χ0) is 20.5. The molecule has 3 nitrogen and oxygen atoms in total. The van der Waals surface area contributed by atoms with Crippen molar-refractivity contribution >= 4 is 17.5 Å². The molecule has 1 fully saturated rings. The fraction of sp³-hybridized carbons (Fsp3) is 0.409. The third-order valence-electron chi connectivity index (χ3n) is 5.10.